The molecule has 0 atom stereocenters. The van der Waals surface area contributed by atoms with Gasteiger partial charge in [0.2, 0.25) is 0 Å². The van der Waals surface area contributed by atoms with Crippen molar-refractivity contribution in [3.8, 4) is 0 Å². The number of anilines is 2. The number of hydrogen-bond donors (Lipinski definition) is 3. The van der Waals surface area contributed by atoms with Crippen molar-refractivity contribution >= 4 is 17.4 Å². The van der Waals surface area contributed by atoms with Gasteiger partial charge in [0, 0.05) is 38.1 Å². The van der Waals surface area contributed by atoms with Crippen molar-refractivity contribution < 1.29 is 9.90 Å². The van der Waals surface area contributed by atoms with E-state index in [0.717, 1.165) is 29.8 Å². The van der Waals surface area contributed by atoms with Gasteiger partial charge < -0.3 is 20.6 Å². The molecule has 5 heteroatoms. The van der Waals surface area contributed by atoms with E-state index >= 15 is 0 Å². The fraction of sp³-hybridized carbons (Fsp3) is 0.462. The highest BCUT2D eigenvalue weighted by Crippen LogP contribution is 2.26. The van der Waals surface area contributed by atoms with Crippen LogP contribution in [0.2, 0.25) is 0 Å². The number of fused-ring (bicyclic) bond motifs is 1. The Hall–Kier alpha value is -1.75. The molecule has 0 bridgehead atoms. The summed E-state index contributed by atoms with van der Waals surface area (Å²) in [7, 11) is 1.85. The summed E-state index contributed by atoms with van der Waals surface area (Å²) in [5.41, 5.74) is 2.99. The van der Waals surface area contributed by atoms with Crippen LogP contribution in [0.5, 0.6) is 0 Å². The first-order valence-electron chi connectivity index (χ1n) is 6.22. The Morgan fingerprint density at radius 3 is 3.00 bits per heavy atom. The molecule has 0 spiro atoms. The summed E-state index contributed by atoms with van der Waals surface area (Å²) >= 11 is 0. The molecule has 1 aliphatic rings. The quantitative estimate of drug-likeness (QED) is 0.698. The lowest BCUT2D eigenvalue weighted by atomic mass is 10.1. The minimum Gasteiger partial charge on any atom is -0.396 e. The van der Waals surface area contributed by atoms with E-state index in [9.17, 15) is 4.79 Å². The predicted molar refractivity (Wildman–Crippen MR) is 71.7 cm³/mol. The summed E-state index contributed by atoms with van der Waals surface area (Å²) in [5.74, 6) is 0. The summed E-state index contributed by atoms with van der Waals surface area (Å²) in [6, 6.07) is 5.91. The zero-order valence-electron chi connectivity index (χ0n) is 10.6. The highest BCUT2D eigenvalue weighted by atomic mass is 16.3. The van der Waals surface area contributed by atoms with E-state index in [-0.39, 0.29) is 12.6 Å². The molecule has 98 valence electrons. The number of carbonyl (C=O) groups is 1. The van der Waals surface area contributed by atoms with Crippen molar-refractivity contribution in [3.05, 3.63) is 23.8 Å². The van der Waals surface area contributed by atoms with Gasteiger partial charge in [-0.05, 0) is 30.5 Å². The van der Waals surface area contributed by atoms with Crippen LogP contribution in [0.1, 0.15) is 18.4 Å². The molecule has 0 aromatic heterocycles. The number of nitrogens with zero attached hydrogens (tertiary/aromatic N) is 1. The molecule has 3 N–H and O–H groups in total. The number of amides is 2. The normalized spacial score (nSPS) is 14.1. The summed E-state index contributed by atoms with van der Waals surface area (Å²) < 4.78 is 0. The fourth-order valence-electron chi connectivity index (χ4n) is 2.05. The number of benzene rings is 1. The molecule has 1 aliphatic heterocycles. The van der Waals surface area contributed by atoms with Crippen LogP contribution >= 0.6 is 0 Å². The van der Waals surface area contributed by atoms with Crippen molar-refractivity contribution in [3.63, 3.8) is 0 Å². The molecule has 2 rings (SSSR count). The number of urea groups is 1. The van der Waals surface area contributed by atoms with Crippen LogP contribution in [0.4, 0.5) is 16.2 Å². The van der Waals surface area contributed by atoms with Gasteiger partial charge in [0.1, 0.15) is 0 Å². The number of aliphatic hydroxyl groups excluding tert-OH is 1. The third-order valence-electron chi connectivity index (χ3n) is 3.12. The first-order chi connectivity index (χ1) is 8.74. The van der Waals surface area contributed by atoms with Crippen LogP contribution < -0.4 is 10.6 Å². The van der Waals surface area contributed by atoms with E-state index in [0.29, 0.717) is 13.1 Å². The van der Waals surface area contributed by atoms with E-state index in [2.05, 4.69) is 10.6 Å². The highest BCUT2D eigenvalue weighted by molar-refractivity contribution is 5.93. The number of carbonyl (C=O) groups excluding carboxylic acids is 1. The molecule has 0 fully saturated rings. The monoisotopic (exact) mass is 249 g/mol. The van der Waals surface area contributed by atoms with Crippen molar-refractivity contribution in [1.82, 2.24) is 4.90 Å². The second-order valence-electron chi connectivity index (χ2n) is 4.40. The van der Waals surface area contributed by atoms with Gasteiger partial charge in [-0.25, -0.2) is 4.79 Å². The molecule has 0 radical (unpaired) electrons. The molecule has 0 saturated heterocycles. The molecular weight excluding hydrogens is 230 g/mol. The molecule has 1 heterocycles. The predicted octanol–water partition coefficient (Wildman–Crippen LogP) is 1.85. The Labute approximate surface area is 107 Å². The number of unbranched alkanes of at least 4 members (excludes halogenated alkanes) is 1. The molecule has 0 unspecified atom stereocenters. The van der Waals surface area contributed by atoms with Crippen molar-refractivity contribution in [1.29, 1.82) is 0 Å². The van der Waals surface area contributed by atoms with Gasteiger partial charge >= 0.3 is 6.03 Å². The summed E-state index contributed by atoms with van der Waals surface area (Å²) in [6.07, 6.45) is 1.56. The first-order valence-corrected chi connectivity index (χ1v) is 6.22. The standard InChI is InChI=1S/C13H19N3O2/c1-14-11-5-4-10-9-16(6-2-3-7-17)13(18)15-12(10)8-11/h4-5,8,14,17H,2-3,6-7,9H2,1H3,(H,15,18). The van der Waals surface area contributed by atoms with Crippen LogP contribution in [0, 0.1) is 0 Å². The SMILES string of the molecule is CNc1ccc2c(c1)NC(=O)N(CCCCO)C2. The summed E-state index contributed by atoms with van der Waals surface area (Å²) in [4.78, 5) is 13.7. The Kier molecular flexibility index (Phi) is 4.04. The molecule has 1 aromatic carbocycles. The van der Waals surface area contributed by atoms with Gasteiger partial charge in [-0.3, -0.25) is 0 Å². The largest absolute Gasteiger partial charge is 0.396 e. The number of nitrogens with one attached hydrogen (secondary N) is 2. The Bertz CT molecular complexity index is 434. The van der Waals surface area contributed by atoms with Gasteiger partial charge in [-0.15, -0.1) is 0 Å². The van der Waals surface area contributed by atoms with Crippen molar-refractivity contribution in [2.75, 3.05) is 30.8 Å². The molecule has 0 saturated carbocycles. The third kappa shape index (κ3) is 2.73. The second kappa shape index (κ2) is 5.73. The topological polar surface area (TPSA) is 64.6 Å². The van der Waals surface area contributed by atoms with Gasteiger partial charge in [-0.1, -0.05) is 6.07 Å². The first kappa shape index (κ1) is 12.7. The number of rotatable bonds is 5. The van der Waals surface area contributed by atoms with Crippen LogP contribution in [-0.4, -0.2) is 36.2 Å². The van der Waals surface area contributed by atoms with Gasteiger partial charge in [0.15, 0.2) is 0 Å². The molecule has 0 aliphatic carbocycles. The van der Waals surface area contributed by atoms with Crippen LogP contribution in [0.3, 0.4) is 0 Å². The summed E-state index contributed by atoms with van der Waals surface area (Å²) in [6.45, 7) is 1.49. The lowest BCUT2D eigenvalue weighted by molar-refractivity contribution is 0.202. The Balaban J connectivity index is 2.06. The van der Waals surface area contributed by atoms with E-state index in [1.807, 2.05) is 25.2 Å². The number of aliphatic hydroxyl groups is 1. The molecule has 5 nitrogen and oxygen atoms in total. The van der Waals surface area contributed by atoms with Gasteiger partial charge in [-0.2, -0.15) is 0 Å². The van der Waals surface area contributed by atoms with Crippen LogP contribution in [-0.2, 0) is 6.54 Å². The van der Waals surface area contributed by atoms with E-state index in [1.165, 1.54) is 0 Å². The maximum absolute atomic E-state index is 11.9. The molecular formula is C13H19N3O2. The van der Waals surface area contributed by atoms with E-state index < -0.39 is 0 Å². The third-order valence-corrected chi connectivity index (χ3v) is 3.12. The minimum absolute atomic E-state index is 0.0614. The number of hydrogen-bond acceptors (Lipinski definition) is 3. The smallest absolute Gasteiger partial charge is 0.322 e. The van der Waals surface area contributed by atoms with Crippen molar-refractivity contribution in [2.24, 2.45) is 0 Å². The zero-order valence-corrected chi connectivity index (χ0v) is 10.6. The Morgan fingerprint density at radius 1 is 1.44 bits per heavy atom. The zero-order chi connectivity index (χ0) is 13.0. The summed E-state index contributed by atoms with van der Waals surface area (Å²) in [5, 5.41) is 14.7. The Morgan fingerprint density at radius 2 is 2.28 bits per heavy atom. The molecule has 18 heavy (non-hydrogen) atoms. The minimum atomic E-state index is -0.0614. The second-order valence-corrected chi connectivity index (χ2v) is 4.40. The molecule has 1 aromatic rings. The molecule has 2 amide bonds. The maximum Gasteiger partial charge on any atom is 0.322 e. The van der Waals surface area contributed by atoms with E-state index in [4.69, 9.17) is 5.11 Å². The van der Waals surface area contributed by atoms with Gasteiger partial charge in [0.25, 0.3) is 0 Å². The maximum atomic E-state index is 11.9. The lowest BCUT2D eigenvalue weighted by Crippen LogP contribution is -2.39. The lowest BCUT2D eigenvalue weighted by Gasteiger charge is -2.29. The van der Waals surface area contributed by atoms with Crippen LogP contribution in [0.25, 0.3) is 0 Å². The highest BCUT2D eigenvalue weighted by Gasteiger charge is 2.21. The average molecular weight is 249 g/mol. The van der Waals surface area contributed by atoms with Crippen molar-refractivity contribution in [2.45, 2.75) is 19.4 Å². The average Bonchev–Trinajstić information content (AvgIpc) is 2.39. The van der Waals surface area contributed by atoms with Gasteiger partial charge in [0.05, 0.1) is 0 Å². The fourth-order valence-corrected chi connectivity index (χ4v) is 2.05. The van der Waals surface area contributed by atoms with Crippen LogP contribution in [0.15, 0.2) is 18.2 Å². The van der Waals surface area contributed by atoms with E-state index in [1.54, 1.807) is 4.90 Å².